The third-order valence-electron chi connectivity index (χ3n) is 13.7. The summed E-state index contributed by atoms with van der Waals surface area (Å²) in [5.74, 6) is 3.06. The zero-order valence-electron chi connectivity index (χ0n) is 41.1. The Hall–Kier alpha value is -11.1. The number of hydrogen-bond donors (Lipinski definition) is 0. The Morgan fingerprint density at radius 2 is 0.688 bits per heavy atom. The van der Waals surface area contributed by atoms with Gasteiger partial charge < -0.3 is 4.57 Å². The molecular weight excluding hydrogens is 945 g/mol. The fourth-order valence-electron chi connectivity index (χ4n) is 9.89. The molecular formula is C67H40N10. The molecule has 4 heterocycles. The van der Waals surface area contributed by atoms with Crippen molar-refractivity contribution >= 4 is 21.8 Å². The van der Waals surface area contributed by atoms with E-state index < -0.39 is 0 Å². The molecule has 13 aromatic rings. The van der Waals surface area contributed by atoms with Gasteiger partial charge >= 0.3 is 0 Å². The Morgan fingerprint density at radius 1 is 0.299 bits per heavy atom. The van der Waals surface area contributed by atoms with E-state index in [1.54, 1.807) is 6.20 Å². The summed E-state index contributed by atoms with van der Waals surface area (Å²) in [5, 5.41) is 21.3. The lowest BCUT2D eigenvalue weighted by Gasteiger charge is -2.17. The molecule has 0 saturated heterocycles. The molecule has 0 saturated carbocycles. The van der Waals surface area contributed by atoms with Crippen molar-refractivity contribution in [3.63, 3.8) is 0 Å². The van der Waals surface area contributed by atoms with Crippen LogP contribution in [0.15, 0.2) is 243 Å². The number of pyridine rings is 1. The fraction of sp³-hybridized carbons (Fsp3) is 0. The molecule has 77 heavy (non-hydrogen) atoms. The first-order valence-electron chi connectivity index (χ1n) is 25.0. The summed E-state index contributed by atoms with van der Waals surface area (Å²) >= 11 is 0. The van der Waals surface area contributed by atoms with E-state index in [0.29, 0.717) is 51.6 Å². The summed E-state index contributed by atoms with van der Waals surface area (Å²) < 4.78 is 2.30. The van der Waals surface area contributed by atoms with Crippen LogP contribution < -0.4 is 0 Å². The zero-order chi connectivity index (χ0) is 51.7. The summed E-state index contributed by atoms with van der Waals surface area (Å²) in [6.45, 7) is 0. The maximum Gasteiger partial charge on any atom is 0.166 e. The topological polar surface area (TPSA) is 143 Å². The Kier molecular flexibility index (Phi) is 11.7. The molecule has 13 rings (SSSR count). The molecule has 0 unspecified atom stereocenters. The molecule has 0 amide bonds. The molecule has 0 fully saturated rings. The summed E-state index contributed by atoms with van der Waals surface area (Å²) in [6.07, 6.45) is 3.61. The highest BCUT2D eigenvalue weighted by Crippen LogP contribution is 2.42. The predicted molar refractivity (Wildman–Crippen MR) is 304 cm³/mol. The van der Waals surface area contributed by atoms with E-state index in [4.69, 9.17) is 34.9 Å². The molecule has 0 bridgehead atoms. The Labute approximate surface area is 443 Å². The highest BCUT2D eigenvalue weighted by Gasteiger charge is 2.23. The standard InChI is InChI=1S/C67H40N10/c68-40-43-21-25-45(26-22-43)51-29-33-60-57(37-51)58-38-52(46-27-23-44(41-69)24-28-46)30-34-61(58)77(60)53-31-32-55(66-73-62(47-13-5-1-6-14-47)71-63(74-66)48-15-7-2-8-16-48)56(39-53)54-35-36-70-42-59(54)67-75-64(49-17-9-3-10-18-49)72-65(76-67)50-19-11-4-12-20-50/h1-39,42H. The van der Waals surface area contributed by atoms with Crippen molar-refractivity contribution in [3.05, 3.63) is 254 Å². The van der Waals surface area contributed by atoms with Gasteiger partial charge in [-0.2, -0.15) is 10.5 Å². The Bertz CT molecular complexity index is 4200. The summed E-state index contributed by atoms with van der Waals surface area (Å²) in [4.78, 5) is 35.7. The zero-order valence-corrected chi connectivity index (χ0v) is 41.1. The van der Waals surface area contributed by atoms with Crippen molar-refractivity contribution in [2.75, 3.05) is 0 Å². The molecule has 9 aromatic carbocycles. The number of nitrogens with zero attached hydrogens (tertiary/aromatic N) is 10. The smallest absolute Gasteiger partial charge is 0.166 e. The van der Waals surface area contributed by atoms with Crippen molar-refractivity contribution in [1.29, 1.82) is 10.5 Å². The first-order chi connectivity index (χ1) is 38.0. The SMILES string of the molecule is N#Cc1ccc(-c2ccc3c(c2)c2cc(-c4ccc(C#N)cc4)ccc2n3-c2ccc(-c3nc(-c4ccccc4)nc(-c4ccccc4)n3)c(-c3ccncc3-c3nc(-c4ccccc4)nc(-c4ccccc4)n3)c2)cc1. The van der Waals surface area contributed by atoms with Crippen LogP contribution in [0.4, 0.5) is 0 Å². The number of aromatic nitrogens is 8. The van der Waals surface area contributed by atoms with Gasteiger partial charge in [0.1, 0.15) is 0 Å². The minimum absolute atomic E-state index is 0.449. The van der Waals surface area contributed by atoms with Crippen LogP contribution in [0.3, 0.4) is 0 Å². The van der Waals surface area contributed by atoms with Gasteiger partial charge in [-0.15, -0.1) is 0 Å². The highest BCUT2D eigenvalue weighted by molar-refractivity contribution is 6.12. The molecule has 10 nitrogen and oxygen atoms in total. The molecule has 0 N–H and O–H groups in total. The third-order valence-corrected chi connectivity index (χ3v) is 13.7. The van der Waals surface area contributed by atoms with Gasteiger partial charge in [-0.1, -0.05) is 158 Å². The molecule has 0 spiro atoms. The van der Waals surface area contributed by atoms with Crippen LogP contribution in [0.2, 0.25) is 0 Å². The molecule has 358 valence electrons. The lowest BCUT2D eigenvalue weighted by molar-refractivity contribution is 1.07. The molecule has 0 atom stereocenters. The van der Waals surface area contributed by atoms with E-state index >= 15 is 0 Å². The van der Waals surface area contributed by atoms with Crippen LogP contribution in [0.1, 0.15) is 11.1 Å². The van der Waals surface area contributed by atoms with Crippen LogP contribution in [0.25, 0.3) is 129 Å². The van der Waals surface area contributed by atoms with Gasteiger partial charge in [0.05, 0.1) is 34.3 Å². The normalized spacial score (nSPS) is 11.1. The number of rotatable bonds is 10. The van der Waals surface area contributed by atoms with E-state index in [1.165, 1.54) is 0 Å². The Balaban J connectivity index is 1.08. The van der Waals surface area contributed by atoms with Crippen LogP contribution >= 0.6 is 0 Å². The van der Waals surface area contributed by atoms with Gasteiger partial charge in [0.2, 0.25) is 0 Å². The average molecular weight is 985 g/mol. The average Bonchev–Trinajstić information content (AvgIpc) is 3.99. The van der Waals surface area contributed by atoms with Crippen molar-refractivity contribution < 1.29 is 0 Å². The van der Waals surface area contributed by atoms with Crippen LogP contribution in [-0.2, 0) is 0 Å². The summed E-state index contributed by atoms with van der Waals surface area (Å²) in [5.41, 5.74) is 14.6. The predicted octanol–water partition coefficient (Wildman–Crippen LogP) is 15.3. The lowest BCUT2D eigenvalue weighted by atomic mass is 9.94. The van der Waals surface area contributed by atoms with Crippen LogP contribution in [0.5, 0.6) is 0 Å². The summed E-state index contributed by atoms with van der Waals surface area (Å²) in [7, 11) is 0. The monoisotopic (exact) mass is 984 g/mol. The molecule has 0 aliphatic carbocycles. The molecule has 0 aliphatic rings. The number of nitriles is 2. The van der Waals surface area contributed by atoms with Crippen molar-refractivity contribution in [2.45, 2.75) is 0 Å². The van der Waals surface area contributed by atoms with E-state index in [0.717, 1.165) is 88.7 Å². The first-order valence-corrected chi connectivity index (χ1v) is 25.0. The van der Waals surface area contributed by atoms with Gasteiger partial charge in [-0.05, 0) is 106 Å². The van der Waals surface area contributed by atoms with Crippen molar-refractivity contribution in [3.8, 4) is 120 Å². The Morgan fingerprint density at radius 3 is 1.10 bits per heavy atom. The number of fused-ring (bicyclic) bond motifs is 3. The van der Waals surface area contributed by atoms with E-state index in [2.05, 4.69) is 71.3 Å². The minimum Gasteiger partial charge on any atom is -0.309 e. The van der Waals surface area contributed by atoms with Crippen LogP contribution in [0, 0.1) is 22.7 Å². The maximum absolute atomic E-state index is 9.60. The lowest BCUT2D eigenvalue weighted by Crippen LogP contribution is -2.04. The van der Waals surface area contributed by atoms with E-state index in [9.17, 15) is 10.5 Å². The number of benzene rings is 9. The molecule has 10 heteroatoms. The van der Waals surface area contributed by atoms with E-state index in [-0.39, 0.29) is 0 Å². The number of hydrogen-bond acceptors (Lipinski definition) is 9. The highest BCUT2D eigenvalue weighted by atomic mass is 15.0. The largest absolute Gasteiger partial charge is 0.309 e. The second-order valence-electron chi connectivity index (χ2n) is 18.4. The molecule has 0 aliphatic heterocycles. The summed E-state index contributed by atoms with van der Waals surface area (Å²) in [6, 6.07) is 81.1. The van der Waals surface area contributed by atoms with Crippen LogP contribution in [-0.4, -0.2) is 39.5 Å². The third kappa shape index (κ3) is 8.80. The van der Waals surface area contributed by atoms with Gasteiger partial charge in [0.25, 0.3) is 0 Å². The minimum atomic E-state index is 0.449. The fourth-order valence-corrected chi connectivity index (χ4v) is 9.89. The quantitative estimate of drug-likeness (QED) is 0.131. The molecule has 4 aromatic heterocycles. The van der Waals surface area contributed by atoms with Gasteiger partial charge in [-0.3, -0.25) is 4.98 Å². The second kappa shape index (κ2) is 19.7. The molecule has 0 radical (unpaired) electrons. The first kappa shape index (κ1) is 45.8. The second-order valence-corrected chi connectivity index (χ2v) is 18.4. The van der Waals surface area contributed by atoms with Gasteiger partial charge in [-0.25, -0.2) is 29.9 Å². The van der Waals surface area contributed by atoms with Crippen molar-refractivity contribution in [1.82, 2.24) is 39.5 Å². The van der Waals surface area contributed by atoms with Gasteiger partial charge in [0, 0.05) is 62.2 Å². The van der Waals surface area contributed by atoms with Crippen molar-refractivity contribution in [2.24, 2.45) is 0 Å². The maximum atomic E-state index is 9.60. The van der Waals surface area contributed by atoms with Gasteiger partial charge in [0.15, 0.2) is 34.9 Å². The van der Waals surface area contributed by atoms with E-state index in [1.807, 2.05) is 182 Å².